The number of nitrogens with two attached hydrogens (primary N) is 1. The topological polar surface area (TPSA) is 89.6 Å². The molecule has 0 aliphatic heterocycles. The summed E-state index contributed by atoms with van der Waals surface area (Å²) in [4.78, 5) is 16.6. The van der Waals surface area contributed by atoms with E-state index in [2.05, 4.69) is 25.3 Å². The average Bonchev–Trinajstić information content (AvgIpc) is 2.48. The fourth-order valence-corrected chi connectivity index (χ4v) is 1.91. The number of benzene rings is 1. The van der Waals surface area contributed by atoms with Gasteiger partial charge in [-0.1, -0.05) is 35.9 Å². The third-order valence-electron chi connectivity index (χ3n) is 2.63. The molecule has 0 spiro atoms. The van der Waals surface area contributed by atoms with E-state index in [1.54, 1.807) is 18.2 Å². The third kappa shape index (κ3) is 3.24. The number of rotatable bonds is 3. The van der Waals surface area contributed by atoms with E-state index >= 15 is 0 Å². The van der Waals surface area contributed by atoms with Gasteiger partial charge in [-0.15, -0.1) is 0 Å². The van der Waals surface area contributed by atoms with Gasteiger partial charge in [0.25, 0.3) is 0 Å². The van der Waals surface area contributed by atoms with Crippen LogP contribution in [-0.4, -0.2) is 19.9 Å². The molecule has 0 saturated carbocycles. The molecule has 2 heterocycles. The third-order valence-corrected chi connectivity index (χ3v) is 2.84. The zero-order chi connectivity index (χ0) is 14.7. The minimum Gasteiger partial charge on any atom is -0.368 e. The first-order chi connectivity index (χ1) is 10.2. The van der Waals surface area contributed by atoms with Crippen LogP contribution < -0.4 is 11.1 Å². The highest BCUT2D eigenvalue weighted by Gasteiger charge is 2.08. The molecule has 0 bridgehead atoms. The number of nitrogens with zero attached hydrogens (tertiary/aromatic N) is 4. The number of halogens is 1. The molecule has 0 fully saturated rings. The standard InChI is InChI=1S/C14H11ClN6/c15-11-8-4-7-10(18-11)12-19-13(16)21-14(20-12)17-9-5-2-1-3-6-9/h1-8H,(H3,16,17,19,20,21). The van der Waals surface area contributed by atoms with Crippen LogP contribution in [0.5, 0.6) is 0 Å². The van der Waals surface area contributed by atoms with Crippen LogP contribution in [0.1, 0.15) is 0 Å². The van der Waals surface area contributed by atoms with Gasteiger partial charge in [0.15, 0.2) is 5.82 Å². The van der Waals surface area contributed by atoms with Gasteiger partial charge >= 0.3 is 0 Å². The maximum absolute atomic E-state index is 5.87. The summed E-state index contributed by atoms with van der Waals surface area (Å²) in [5.74, 6) is 0.828. The summed E-state index contributed by atoms with van der Waals surface area (Å²) in [6, 6.07) is 14.8. The lowest BCUT2D eigenvalue weighted by atomic mass is 10.3. The zero-order valence-corrected chi connectivity index (χ0v) is 11.6. The summed E-state index contributed by atoms with van der Waals surface area (Å²) in [6.45, 7) is 0. The summed E-state index contributed by atoms with van der Waals surface area (Å²) in [5, 5.41) is 3.43. The summed E-state index contributed by atoms with van der Waals surface area (Å²) in [7, 11) is 0. The minimum absolute atomic E-state index is 0.111. The van der Waals surface area contributed by atoms with E-state index in [-0.39, 0.29) is 5.95 Å². The van der Waals surface area contributed by atoms with E-state index in [1.165, 1.54) is 0 Å². The SMILES string of the molecule is Nc1nc(Nc2ccccc2)nc(-c2cccc(Cl)n2)n1. The van der Waals surface area contributed by atoms with Crippen molar-refractivity contribution in [2.45, 2.75) is 0 Å². The Balaban J connectivity index is 1.97. The minimum atomic E-state index is 0.111. The van der Waals surface area contributed by atoms with Crippen LogP contribution in [0.3, 0.4) is 0 Å². The van der Waals surface area contributed by atoms with Crippen LogP contribution in [0.25, 0.3) is 11.5 Å². The fraction of sp³-hybridized carbons (Fsp3) is 0. The van der Waals surface area contributed by atoms with Gasteiger partial charge < -0.3 is 11.1 Å². The van der Waals surface area contributed by atoms with Crippen molar-refractivity contribution < 1.29 is 0 Å². The molecule has 104 valence electrons. The number of anilines is 3. The fourth-order valence-electron chi connectivity index (χ4n) is 1.75. The van der Waals surface area contributed by atoms with Crippen molar-refractivity contribution in [3.8, 4) is 11.5 Å². The molecular weight excluding hydrogens is 288 g/mol. The predicted octanol–water partition coefficient (Wildman–Crippen LogP) is 2.91. The Hall–Kier alpha value is -2.73. The van der Waals surface area contributed by atoms with Crippen molar-refractivity contribution in [2.24, 2.45) is 0 Å². The highest BCUT2D eigenvalue weighted by molar-refractivity contribution is 6.29. The molecule has 6 nitrogen and oxygen atoms in total. The molecule has 0 amide bonds. The van der Waals surface area contributed by atoms with Gasteiger partial charge in [-0.25, -0.2) is 4.98 Å². The lowest BCUT2D eigenvalue weighted by Crippen LogP contribution is -2.05. The van der Waals surface area contributed by atoms with Gasteiger partial charge in [-0.2, -0.15) is 15.0 Å². The van der Waals surface area contributed by atoms with Crippen molar-refractivity contribution in [3.05, 3.63) is 53.7 Å². The second-order valence-electron chi connectivity index (χ2n) is 4.18. The van der Waals surface area contributed by atoms with Gasteiger partial charge in [0.1, 0.15) is 10.8 Å². The molecule has 0 saturated heterocycles. The van der Waals surface area contributed by atoms with Crippen LogP contribution >= 0.6 is 11.6 Å². The van der Waals surface area contributed by atoms with E-state index in [0.717, 1.165) is 5.69 Å². The molecule has 2 aromatic heterocycles. The number of pyridine rings is 1. The van der Waals surface area contributed by atoms with E-state index in [1.807, 2.05) is 30.3 Å². The Morgan fingerprint density at radius 1 is 0.857 bits per heavy atom. The normalized spacial score (nSPS) is 10.3. The van der Waals surface area contributed by atoms with Gasteiger partial charge in [0.05, 0.1) is 0 Å². The number of hydrogen-bond acceptors (Lipinski definition) is 6. The van der Waals surface area contributed by atoms with Crippen LogP contribution in [0.15, 0.2) is 48.5 Å². The Morgan fingerprint density at radius 2 is 1.67 bits per heavy atom. The van der Waals surface area contributed by atoms with Crippen molar-refractivity contribution in [2.75, 3.05) is 11.1 Å². The van der Waals surface area contributed by atoms with E-state index in [9.17, 15) is 0 Å². The zero-order valence-electron chi connectivity index (χ0n) is 10.9. The molecule has 0 radical (unpaired) electrons. The van der Waals surface area contributed by atoms with E-state index in [0.29, 0.717) is 22.6 Å². The molecule has 7 heteroatoms. The van der Waals surface area contributed by atoms with E-state index < -0.39 is 0 Å². The maximum atomic E-state index is 5.87. The summed E-state index contributed by atoms with van der Waals surface area (Å²) < 4.78 is 0. The Bertz CT molecular complexity index is 762. The van der Waals surface area contributed by atoms with Crippen LogP contribution in [0.2, 0.25) is 5.15 Å². The summed E-state index contributed by atoms with van der Waals surface area (Å²) in [6.07, 6.45) is 0. The average molecular weight is 299 g/mol. The molecule has 1 aromatic carbocycles. The van der Waals surface area contributed by atoms with Crippen molar-refractivity contribution in [3.63, 3.8) is 0 Å². The molecule has 3 rings (SSSR count). The van der Waals surface area contributed by atoms with Gasteiger partial charge in [-0.3, -0.25) is 0 Å². The number of hydrogen-bond donors (Lipinski definition) is 2. The quantitative estimate of drug-likeness (QED) is 0.723. The number of nitrogens with one attached hydrogen (secondary N) is 1. The molecule has 0 aliphatic rings. The van der Waals surface area contributed by atoms with Gasteiger partial charge in [0, 0.05) is 5.69 Å². The molecule has 21 heavy (non-hydrogen) atoms. The van der Waals surface area contributed by atoms with Crippen molar-refractivity contribution >= 4 is 29.2 Å². The lowest BCUT2D eigenvalue weighted by molar-refractivity contribution is 1.06. The van der Waals surface area contributed by atoms with Gasteiger partial charge in [-0.05, 0) is 24.3 Å². The number of para-hydroxylation sites is 1. The molecule has 0 aliphatic carbocycles. The Morgan fingerprint density at radius 3 is 2.43 bits per heavy atom. The first-order valence-corrected chi connectivity index (χ1v) is 6.55. The van der Waals surface area contributed by atoms with Crippen molar-refractivity contribution in [1.82, 2.24) is 19.9 Å². The predicted molar refractivity (Wildman–Crippen MR) is 82.2 cm³/mol. The Labute approximate surface area is 126 Å². The number of nitrogen functional groups attached to an aromatic ring is 1. The molecule has 3 aromatic rings. The van der Waals surface area contributed by atoms with E-state index in [4.69, 9.17) is 17.3 Å². The lowest BCUT2D eigenvalue weighted by Gasteiger charge is -2.07. The smallest absolute Gasteiger partial charge is 0.232 e. The summed E-state index contributed by atoms with van der Waals surface area (Å²) in [5.41, 5.74) is 7.12. The highest BCUT2D eigenvalue weighted by atomic mass is 35.5. The van der Waals surface area contributed by atoms with Crippen molar-refractivity contribution in [1.29, 1.82) is 0 Å². The molecule has 3 N–H and O–H groups in total. The molecule has 0 atom stereocenters. The first-order valence-electron chi connectivity index (χ1n) is 6.17. The highest BCUT2D eigenvalue weighted by Crippen LogP contribution is 2.19. The summed E-state index contributed by atoms with van der Waals surface area (Å²) >= 11 is 5.87. The molecule has 0 unspecified atom stereocenters. The monoisotopic (exact) mass is 298 g/mol. The van der Waals surface area contributed by atoms with Crippen LogP contribution in [0, 0.1) is 0 Å². The second kappa shape index (κ2) is 5.72. The van der Waals surface area contributed by atoms with Crippen LogP contribution in [-0.2, 0) is 0 Å². The van der Waals surface area contributed by atoms with Gasteiger partial charge in [0.2, 0.25) is 11.9 Å². The van der Waals surface area contributed by atoms with Crippen LogP contribution in [0.4, 0.5) is 17.6 Å². The number of aromatic nitrogens is 4. The Kier molecular flexibility index (Phi) is 3.61. The largest absolute Gasteiger partial charge is 0.368 e. The molecular formula is C14H11ClN6. The first kappa shape index (κ1) is 13.3. The second-order valence-corrected chi connectivity index (χ2v) is 4.56. The maximum Gasteiger partial charge on any atom is 0.232 e.